The molecule has 0 aliphatic heterocycles. The lowest BCUT2D eigenvalue weighted by atomic mass is 10.2. The minimum absolute atomic E-state index is 0.105. The predicted octanol–water partition coefficient (Wildman–Crippen LogP) is 4.14. The van der Waals surface area contributed by atoms with Crippen LogP contribution >= 0.6 is 23.4 Å². The number of amides is 1. The standard InChI is InChI=1S/C17H20ClNO3S/c1-2-16(22-14-6-3-5-13(18)11-14)17(20)19-8-10-23-12-15-7-4-9-21-15/h3-7,9,11,16H,2,8,10,12H2,1H3,(H,19,20)/t16-/m0/s1. The van der Waals surface area contributed by atoms with E-state index in [0.717, 1.165) is 17.3 Å². The first-order valence-electron chi connectivity index (χ1n) is 7.49. The van der Waals surface area contributed by atoms with Gasteiger partial charge in [0.1, 0.15) is 11.5 Å². The molecule has 0 aliphatic carbocycles. The SMILES string of the molecule is CC[C@H](Oc1cccc(Cl)c1)C(=O)NCCSCc1ccco1. The second-order valence-electron chi connectivity index (χ2n) is 4.90. The molecule has 6 heteroatoms. The Kier molecular flexibility index (Phi) is 7.36. The van der Waals surface area contributed by atoms with Crippen LogP contribution in [0.25, 0.3) is 0 Å². The van der Waals surface area contributed by atoms with Gasteiger partial charge in [0, 0.05) is 17.3 Å². The maximum Gasteiger partial charge on any atom is 0.261 e. The number of nitrogens with one attached hydrogen (secondary N) is 1. The molecule has 1 aromatic carbocycles. The molecule has 0 spiro atoms. The van der Waals surface area contributed by atoms with Crippen molar-refractivity contribution in [2.45, 2.75) is 25.2 Å². The van der Waals surface area contributed by atoms with Gasteiger partial charge in [-0.05, 0) is 36.8 Å². The zero-order chi connectivity index (χ0) is 16.5. The minimum Gasteiger partial charge on any atom is -0.481 e. The number of carbonyl (C=O) groups excluding carboxylic acids is 1. The summed E-state index contributed by atoms with van der Waals surface area (Å²) in [7, 11) is 0. The molecule has 0 radical (unpaired) electrons. The van der Waals surface area contributed by atoms with Crippen molar-refractivity contribution in [3.8, 4) is 5.75 Å². The van der Waals surface area contributed by atoms with Crippen molar-refractivity contribution in [1.82, 2.24) is 5.32 Å². The van der Waals surface area contributed by atoms with Crippen molar-refractivity contribution in [2.24, 2.45) is 0 Å². The molecule has 124 valence electrons. The first-order valence-corrected chi connectivity index (χ1v) is 9.02. The van der Waals surface area contributed by atoms with Crippen LogP contribution < -0.4 is 10.1 Å². The van der Waals surface area contributed by atoms with E-state index in [-0.39, 0.29) is 5.91 Å². The average Bonchev–Trinajstić information content (AvgIpc) is 3.05. The van der Waals surface area contributed by atoms with E-state index in [2.05, 4.69) is 5.32 Å². The van der Waals surface area contributed by atoms with Gasteiger partial charge in [0.25, 0.3) is 5.91 Å². The van der Waals surface area contributed by atoms with Gasteiger partial charge in [-0.3, -0.25) is 4.79 Å². The van der Waals surface area contributed by atoms with Gasteiger partial charge in [0.05, 0.1) is 12.0 Å². The molecule has 1 amide bonds. The lowest BCUT2D eigenvalue weighted by Gasteiger charge is -2.17. The zero-order valence-electron chi connectivity index (χ0n) is 13.0. The van der Waals surface area contributed by atoms with Gasteiger partial charge in [0.15, 0.2) is 6.10 Å². The van der Waals surface area contributed by atoms with Gasteiger partial charge in [-0.2, -0.15) is 11.8 Å². The maximum absolute atomic E-state index is 12.2. The Hall–Kier alpha value is -1.59. The Balaban J connectivity index is 1.70. The Bertz CT molecular complexity index is 604. The highest BCUT2D eigenvalue weighted by molar-refractivity contribution is 7.98. The van der Waals surface area contributed by atoms with Crippen LogP contribution in [0.1, 0.15) is 19.1 Å². The van der Waals surface area contributed by atoms with Crippen molar-refractivity contribution in [3.63, 3.8) is 0 Å². The third-order valence-electron chi connectivity index (χ3n) is 3.11. The highest BCUT2D eigenvalue weighted by atomic mass is 35.5. The quantitative estimate of drug-likeness (QED) is 0.688. The second kappa shape index (κ2) is 9.53. The lowest BCUT2D eigenvalue weighted by Crippen LogP contribution is -2.39. The Morgan fingerprint density at radius 3 is 2.96 bits per heavy atom. The van der Waals surface area contributed by atoms with E-state index in [1.807, 2.05) is 19.1 Å². The third-order valence-corrected chi connectivity index (χ3v) is 4.32. The summed E-state index contributed by atoms with van der Waals surface area (Å²) in [6, 6.07) is 10.9. The van der Waals surface area contributed by atoms with Crippen LogP contribution in [0.4, 0.5) is 0 Å². The number of hydrogen-bond acceptors (Lipinski definition) is 4. The number of carbonyl (C=O) groups is 1. The summed E-state index contributed by atoms with van der Waals surface area (Å²) in [5.41, 5.74) is 0. The summed E-state index contributed by atoms with van der Waals surface area (Å²) in [4.78, 5) is 12.2. The number of rotatable bonds is 9. The summed E-state index contributed by atoms with van der Waals surface area (Å²) in [6.45, 7) is 2.51. The third kappa shape index (κ3) is 6.20. The van der Waals surface area contributed by atoms with Crippen molar-refractivity contribution in [3.05, 3.63) is 53.4 Å². The predicted molar refractivity (Wildman–Crippen MR) is 94.0 cm³/mol. The highest BCUT2D eigenvalue weighted by Crippen LogP contribution is 2.19. The molecule has 0 saturated carbocycles. The molecule has 0 unspecified atom stereocenters. The molecule has 1 aromatic heterocycles. The van der Waals surface area contributed by atoms with E-state index in [1.54, 1.807) is 42.3 Å². The van der Waals surface area contributed by atoms with E-state index in [9.17, 15) is 4.79 Å². The first kappa shape index (κ1) is 17.8. The largest absolute Gasteiger partial charge is 0.481 e. The molecule has 4 nitrogen and oxygen atoms in total. The molecular formula is C17H20ClNO3S. The van der Waals surface area contributed by atoms with Crippen LogP contribution in [0.15, 0.2) is 47.1 Å². The van der Waals surface area contributed by atoms with E-state index in [4.69, 9.17) is 20.8 Å². The van der Waals surface area contributed by atoms with Crippen molar-refractivity contribution in [1.29, 1.82) is 0 Å². The van der Waals surface area contributed by atoms with Crippen LogP contribution in [-0.4, -0.2) is 24.3 Å². The Labute approximate surface area is 145 Å². The number of hydrogen-bond donors (Lipinski definition) is 1. The van der Waals surface area contributed by atoms with Crippen LogP contribution in [0.5, 0.6) is 5.75 Å². The number of thioether (sulfide) groups is 1. The zero-order valence-corrected chi connectivity index (χ0v) is 14.5. The number of ether oxygens (including phenoxy) is 1. The summed E-state index contributed by atoms with van der Waals surface area (Å²) in [6.07, 6.45) is 1.75. The second-order valence-corrected chi connectivity index (χ2v) is 6.44. The maximum atomic E-state index is 12.2. The topological polar surface area (TPSA) is 51.5 Å². The van der Waals surface area contributed by atoms with Gasteiger partial charge in [-0.1, -0.05) is 24.6 Å². The van der Waals surface area contributed by atoms with Crippen LogP contribution in [0.2, 0.25) is 5.02 Å². The van der Waals surface area contributed by atoms with E-state index in [0.29, 0.717) is 23.7 Å². The van der Waals surface area contributed by atoms with Crippen molar-refractivity contribution < 1.29 is 13.9 Å². The fourth-order valence-corrected chi connectivity index (χ4v) is 2.89. The molecule has 23 heavy (non-hydrogen) atoms. The Morgan fingerprint density at radius 2 is 2.26 bits per heavy atom. The molecular weight excluding hydrogens is 334 g/mol. The normalized spacial score (nSPS) is 11.9. The van der Waals surface area contributed by atoms with E-state index in [1.165, 1.54) is 0 Å². The molecule has 1 N–H and O–H groups in total. The summed E-state index contributed by atoms with van der Waals surface area (Å²) in [5, 5.41) is 3.49. The monoisotopic (exact) mass is 353 g/mol. The molecule has 0 aliphatic rings. The van der Waals surface area contributed by atoms with Crippen LogP contribution in [0.3, 0.4) is 0 Å². The van der Waals surface area contributed by atoms with Crippen LogP contribution in [0, 0.1) is 0 Å². The van der Waals surface area contributed by atoms with Gasteiger partial charge < -0.3 is 14.5 Å². The number of halogens is 1. The molecule has 1 atom stereocenters. The molecule has 2 aromatic rings. The van der Waals surface area contributed by atoms with Crippen LogP contribution in [-0.2, 0) is 10.5 Å². The smallest absolute Gasteiger partial charge is 0.261 e. The minimum atomic E-state index is -0.511. The summed E-state index contributed by atoms with van der Waals surface area (Å²) in [5.74, 6) is 3.06. The van der Waals surface area contributed by atoms with Gasteiger partial charge in [-0.25, -0.2) is 0 Å². The van der Waals surface area contributed by atoms with E-state index < -0.39 is 6.10 Å². The average molecular weight is 354 g/mol. The Morgan fingerprint density at radius 1 is 1.39 bits per heavy atom. The molecule has 0 bridgehead atoms. The molecule has 0 fully saturated rings. The van der Waals surface area contributed by atoms with Crippen molar-refractivity contribution in [2.75, 3.05) is 12.3 Å². The fraction of sp³-hybridized carbons (Fsp3) is 0.353. The molecule has 2 rings (SSSR count). The van der Waals surface area contributed by atoms with Gasteiger partial charge >= 0.3 is 0 Å². The lowest BCUT2D eigenvalue weighted by molar-refractivity contribution is -0.127. The van der Waals surface area contributed by atoms with Gasteiger partial charge in [-0.15, -0.1) is 0 Å². The first-order chi connectivity index (χ1) is 11.2. The summed E-state index contributed by atoms with van der Waals surface area (Å²) >= 11 is 7.63. The highest BCUT2D eigenvalue weighted by Gasteiger charge is 2.17. The summed E-state index contributed by atoms with van der Waals surface area (Å²) < 4.78 is 11.0. The number of furan rings is 1. The molecule has 1 heterocycles. The fourth-order valence-electron chi connectivity index (χ4n) is 1.95. The van der Waals surface area contributed by atoms with E-state index >= 15 is 0 Å². The van der Waals surface area contributed by atoms with Crippen molar-refractivity contribution >= 4 is 29.3 Å². The van der Waals surface area contributed by atoms with Gasteiger partial charge in [0.2, 0.25) is 0 Å². The number of benzene rings is 1. The molecule has 0 saturated heterocycles.